The fourth-order valence-electron chi connectivity index (χ4n) is 9.20. The van der Waals surface area contributed by atoms with Gasteiger partial charge in [-0.25, -0.2) is 9.59 Å². The minimum absolute atomic E-state index is 0.0326. The summed E-state index contributed by atoms with van der Waals surface area (Å²) >= 11 is 0. The van der Waals surface area contributed by atoms with Gasteiger partial charge in [0.2, 0.25) is 0 Å². The third kappa shape index (κ3) is 10.1. The molecule has 364 valence electrons. The van der Waals surface area contributed by atoms with Crippen molar-refractivity contribution < 1.29 is 65.1 Å². The van der Waals surface area contributed by atoms with Crippen molar-refractivity contribution in [2.45, 2.75) is 109 Å². The molecule has 4 aromatic carbocycles. The van der Waals surface area contributed by atoms with Gasteiger partial charge in [-0.1, -0.05) is 18.2 Å². The largest absolute Gasteiger partial charge is 0.493 e. The number of benzene rings is 4. The minimum atomic E-state index is -5.17. The first-order valence-corrected chi connectivity index (χ1v) is 22.2. The van der Waals surface area contributed by atoms with Crippen molar-refractivity contribution in [1.82, 2.24) is 20.0 Å². The van der Waals surface area contributed by atoms with Gasteiger partial charge < -0.3 is 29.2 Å². The molecule has 2 aliphatic heterocycles. The lowest BCUT2D eigenvalue weighted by molar-refractivity contribution is -0.164. The molecule has 0 fully saturated rings. The van der Waals surface area contributed by atoms with E-state index in [4.69, 9.17) is 18.9 Å². The molecule has 0 saturated heterocycles. The topological polar surface area (TPSA) is 158 Å². The monoisotopic (exact) mass is 960 g/mol. The van der Waals surface area contributed by atoms with E-state index in [9.17, 15) is 19.8 Å². The number of alkyl halides is 6. The summed E-state index contributed by atoms with van der Waals surface area (Å²) in [6.07, 6.45) is -8.70. The molecule has 18 heteroatoms. The zero-order chi connectivity index (χ0) is 50.0. The molecule has 8 rings (SSSR count). The molecule has 0 radical (unpaired) electrons. The third-order valence-electron chi connectivity index (χ3n) is 11.8. The number of carboxylic acid groups (broad SMARTS) is 2. The van der Waals surface area contributed by atoms with Crippen molar-refractivity contribution >= 4 is 11.9 Å². The number of hydrogen-bond donors (Lipinski definition) is 3. The van der Waals surface area contributed by atoms with Crippen LogP contribution in [-0.4, -0.2) is 59.9 Å². The molecule has 2 aromatic heterocycles. The number of nitrogens with zero attached hydrogens (tertiary/aromatic N) is 3. The van der Waals surface area contributed by atoms with Crippen molar-refractivity contribution in [3.05, 3.63) is 118 Å². The summed E-state index contributed by atoms with van der Waals surface area (Å²) in [4.78, 5) is 26.3. The van der Waals surface area contributed by atoms with Crippen LogP contribution in [0.4, 0.5) is 26.3 Å². The van der Waals surface area contributed by atoms with E-state index in [1.807, 2.05) is 0 Å². The molecule has 0 spiro atoms. The molecule has 2 aliphatic rings. The number of H-pyrrole nitrogens is 1. The van der Waals surface area contributed by atoms with Crippen LogP contribution in [0.3, 0.4) is 0 Å². The van der Waals surface area contributed by atoms with Crippen LogP contribution in [0.5, 0.6) is 11.5 Å². The van der Waals surface area contributed by atoms with Crippen LogP contribution in [0.15, 0.2) is 79.4 Å². The summed E-state index contributed by atoms with van der Waals surface area (Å²) in [7, 11) is 1.62. The smallest absolute Gasteiger partial charge is 0.417 e. The predicted molar refractivity (Wildman–Crippen MR) is 241 cm³/mol. The number of aromatic amines is 1. The Kier molecular flexibility index (Phi) is 12.7. The van der Waals surface area contributed by atoms with E-state index in [0.717, 1.165) is 11.6 Å². The van der Waals surface area contributed by atoms with E-state index in [1.165, 1.54) is 74.4 Å². The van der Waals surface area contributed by atoms with Gasteiger partial charge in [0.25, 0.3) is 0 Å². The molecule has 4 heterocycles. The lowest BCUT2D eigenvalue weighted by Crippen LogP contribution is -2.31. The van der Waals surface area contributed by atoms with E-state index in [0.29, 0.717) is 47.5 Å². The second kappa shape index (κ2) is 18.0. The zero-order valence-electron chi connectivity index (χ0n) is 38.7. The van der Waals surface area contributed by atoms with Crippen molar-refractivity contribution in [2.75, 3.05) is 6.61 Å². The highest BCUT2D eigenvalue weighted by Crippen LogP contribution is 2.53. The molecule has 3 unspecified atom stereocenters. The van der Waals surface area contributed by atoms with Gasteiger partial charge in [0.15, 0.2) is 12.2 Å². The van der Waals surface area contributed by atoms with Crippen LogP contribution < -0.4 is 9.47 Å². The summed E-state index contributed by atoms with van der Waals surface area (Å²) in [5, 5.41) is 32.4. The van der Waals surface area contributed by atoms with E-state index in [2.05, 4.69) is 15.3 Å². The van der Waals surface area contributed by atoms with Gasteiger partial charge in [-0.3, -0.25) is 9.78 Å². The first-order chi connectivity index (χ1) is 32.3. The van der Waals surface area contributed by atoms with Crippen LogP contribution in [0.1, 0.15) is 112 Å². The Morgan fingerprint density at radius 1 is 0.739 bits per heavy atom. The van der Waals surface area contributed by atoms with Crippen molar-refractivity contribution in [2.24, 2.45) is 7.05 Å². The molecule has 69 heavy (non-hydrogen) atoms. The number of fused-ring (bicyclic) bond motifs is 2. The van der Waals surface area contributed by atoms with Crippen molar-refractivity contribution in [3.63, 3.8) is 0 Å². The lowest BCUT2D eigenvalue weighted by Gasteiger charge is -2.34. The van der Waals surface area contributed by atoms with E-state index in [1.54, 1.807) is 52.2 Å². The van der Waals surface area contributed by atoms with Crippen LogP contribution in [0.2, 0.25) is 0 Å². The summed E-state index contributed by atoms with van der Waals surface area (Å²) in [5.74, 6) is -2.65. The van der Waals surface area contributed by atoms with E-state index >= 15 is 26.3 Å². The van der Waals surface area contributed by atoms with Crippen LogP contribution in [0.25, 0.3) is 44.5 Å². The summed E-state index contributed by atoms with van der Waals surface area (Å²) in [6.45, 7) is 9.67. The Bertz CT molecular complexity index is 2930. The molecule has 0 bridgehead atoms. The van der Waals surface area contributed by atoms with Gasteiger partial charge in [-0.15, -0.1) is 0 Å². The number of aromatic nitrogens is 4. The Hall–Kier alpha value is -6.66. The standard InChI is InChI=1S/C51H50F6N4O8/c1-48(2,3)68-44(46(62)63)41-35(50(52,53)54)14-13-32(31-24-60-61(7)25-31)39(41)28-12-16-37-27(20-28)10-17-38(67-37)34-21-33(30-22-58-59-23-30)40(29-11-15-36-26(19-29)9-8-18-66-36)42(43(34)51(55,56)57)45(47(64)65)69-49(4,5)6/h11-16,19-25,38,44-45H,8-10,17-18H2,1-7H3,(H,58,59)(H,62,63)(H,64,65). The maximum Gasteiger partial charge on any atom is 0.417 e. The predicted octanol–water partition coefficient (Wildman–Crippen LogP) is 12.1. The number of carboxylic acids is 2. The average molecular weight is 961 g/mol. The zero-order valence-corrected chi connectivity index (χ0v) is 38.7. The molecular weight excluding hydrogens is 911 g/mol. The summed E-state index contributed by atoms with van der Waals surface area (Å²) in [6, 6.07) is 12.7. The number of carbonyl (C=O) groups is 2. The first-order valence-electron chi connectivity index (χ1n) is 22.2. The van der Waals surface area contributed by atoms with Crippen molar-refractivity contribution in [3.8, 4) is 56.0 Å². The van der Waals surface area contributed by atoms with Gasteiger partial charge in [0, 0.05) is 47.3 Å². The highest BCUT2D eigenvalue weighted by Gasteiger charge is 2.47. The van der Waals surface area contributed by atoms with Crippen molar-refractivity contribution in [1.29, 1.82) is 0 Å². The second-order valence-electron chi connectivity index (χ2n) is 19.2. The number of rotatable bonds is 11. The maximum absolute atomic E-state index is 16.2. The SMILES string of the molecule is Cn1cc(-c2ccc(C(F)(F)F)c(C(OC(C)(C)C)C(=O)O)c2-c2ccc3c(c2)CCC(c2cc(-c4cn[nH]c4)c(-c4ccc5c(c4)CCCO5)c(C(OC(C)(C)C)C(=O)O)c2C(F)(F)F)O3)cn1. The number of aryl methyl sites for hydroxylation is 3. The van der Waals surface area contributed by atoms with Gasteiger partial charge >= 0.3 is 24.3 Å². The molecule has 3 N–H and O–H groups in total. The van der Waals surface area contributed by atoms with Gasteiger partial charge in [-0.05, 0) is 148 Å². The molecule has 0 saturated carbocycles. The average Bonchev–Trinajstić information content (AvgIpc) is 3.97. The quantitative estimate of drug-likeness (QED) is 0.107. The number of ether oxygens (including phenoxy) is 4. The van der Waals surface area contributed by atoms with E-state index < -0.39 is 76.1 Å². The van der Waals surface area contributed by atoms with Crippen LogP contribution >= 0.6 is 0 Å². The fourth-order valence-corrected chi connectivity index (χ4v) is 9.20. The minimum Gasteiger partial charge on any atom is -0.493 e. The molecule has 12 nitrogen and oxygen atoms in total. The first kappa shape index (κ1) is 48.8. The van der Waals surface area contributed by atoms with Gasteiger partial charge in [0.1, 0.15) is 17.6 Å². The second-order valence-corrected chi connectivity index (χ2v) is 19.2. The number of halogens is 6. The molecule has 3 atom stereocenters. The summed E-state index contributed by atoms with van der Waals surface area (Å²) in [5.41, 5.74) is -3.96. The van der Waals surface area contributed by atoms with Crippen LogP contribution in [-0.2, 0) is 51.3 Å². The molecule has 6 aromatic rings. The number of nitrogens with one attached hydrogen (secondary N) is 1. The highest BCUT2D eigenvalue weighted by molar-refractivity contribution is 5.93. The molecule has 0 aliphatic carbocycles. The highest BCUT2D eigenvalue weighted by atomic mass is 19.4. The third-order valence-corrected chi connectivity index (χ3v) is 11.8. The lowest BCUT2D eigenvalue weighted by atomic mass is 9.80. The normalized spacial score (nSPS) is 16.2. The van der Waals surface area contributed by atoms with Crippen LogP contribution in [0, 0.1) is 0 Å². The number of hydrogen-bond acceptors (Lipinski definition) is 8. The Balaban J connectivity index is 1.34. The maximum atomic E-state index is 16.2. The molecular formula is C51H50F6N4O8. The fraction of sp³-hybridized carbons (Fsp3) is 0.373. The Labute approximate surface area is 393 Å². The van der Waals surface area contributed by atoms with E-state index in [-0.39, 0.29) is 52.0 Å². The summed E-state index contributed by atoms with van der Waals surface area (Å²) < 4.78 is 119. The Morgan fingerprint density at radius 2 is 1.35 bits per heavy atom. The van der Waals surface area contributed by atoms with Gasteiger partial charge in [-0.2, -0.15) is 36.5 Å². The van der Waals surface area contributed by atoms with Gasteiger partial charge in [0.05, 0.1) is 41.3 Å². The Morgan fingerprint density at radius 3 is 1.90 bits per heavy atom. The molecule has 0 amide bonds. The number of aliphatic carboxylic acids is 2.